The van der Waals surface area contributed by atoms with Gasteiger partial charge < -0.3 is 10.1 Å². The molecule has 16 heavy (non-hydrogen) atoms. The SMILES string of the molecule is COc1c(Br)cc(Cl)cc1NC1CC(C)C1. The van der Waals surface area contributed by atoms with Crippen molar-refractivity contribution in [2.45, 2.75) is 25.8 Å². The number of hydrogen-bond acceptors (Lipinski definition) is 2. The van der Waals surface area contributed by atoms with E-state index in [1.807, 2.05) is 12.1 Å². The predicted octanol–water partition coefficient (Wildman–Crippen LogP) is 4.32. The second-order valence-electron chi connectivity index (χ2n) is 4.39. The Morgan fingerprint density at radius 1 is 1.44 bits per heavy atom. The fourth-order valence-electron chi connectivity index (χ4n) is 2.12. The van der Waals surface area contributed by atoms with Gasteiger partial charge in [0, 0.05) is 11.1 Å². The molecule has 0 bridgehead atoms. The molecule has 0 radical (unpaired) electrons. The highest BCUT2D eigenvalue weighted by molar-refractivity contribution is 9.10. The number of ether oxygens (including phenoxy) is 1. The minimum absolute atomic E-state index is 0.550. The molecule has 0 amide bonds. The third kappa shape index (κ3) is 2.46. The first kappa shape index (κ1) is 12.1. The van der Waals surface area contributed by atoms with E-state index in [2.05, 4.69) is 28.2 Å². The molecule has 1 aliphatic rings. The molecular weight excluding hydrogens is 289 g/mol. The molecule has 0 atom stereocenters. The standard InChI is InChI=1S/C12H15BrClNO/c1-7-3-9(4-7)15-11-6-8(14)5-10(13)12(11)16-2/h5-7,9,15H,3-4H2,1-2H3. The van der Waals surface area contributed by atoms with Crippen LogP contribution in [0.3, 0.4) is 0 Å². The van der Waals surface area contributed by atoms with E-state index >= 15 is 0 Å². The fraction of sp³-hybridized carbons (Fsp3) is 0.500. The minimum Gasteiger partial charge on any atom is -0.493 e. The highest BCUT2D eigenvalue weighted by Crippen LogP contribution is 2.39. The summed E-state index contributed by atoms with van der Waals surface area (Å²) >= 11 is 9.48. The van der Waals surface area contributed by atoms with E-state index in [0.29, 0.717) is 11.1 Å². The average molecular weight is 305 g/mol. The van der Waals surface area contributed by atoms with Crippen molar-refractivity contribution >= 4 is 33.2 Å². The molecule has 0 spiro atoms. The van der Waals surface area contributed by atoms with Crippen LogP contribution < -0.4 is 10.1 Å². The first-order chi connectivity index (χ1) is 7.60. The molecule has 2 rings (SSSR count). The van der Waals surface area contributed by atoms with E-state index in [-0.39, 0.29) is 0 Å². The molecule has 1 aliphatic carbocycles. The maximum absolute atomic E-state index is 6.03. The summed E-state index contributed by atoms with van der Waals surface area (Å²) in [5.74, 6) is 1.65. The lowest BCUT2D eigenvalue weighted by atomic mass is 9.82. The third-order valence-electron chi connectivity index (χ3n) is 2.95. The van der Waals surface area contributed by atoms with Crippen molar-refractivity contribution in [3.63, 3.8) is 0 Å². The van der Waals surface area contributed by atoms with Crippen LogP contribution in [0.25, 0.3) is 0 Å². The van der Waals surface area contributed by atoms with Crippen LogP contribution in [0.15, 0.2) is 16.6 Å². The van der Waals surface area contributed by atoms with Gasteiger partial charge in [-0.2, -0.15) is 0 Å². The van der Waals surface area contributed by atoms with Crippen LogP contribution in [-0.4, -0.2) is 13.2 Å². The Labute approximate surface area is 109 Å². The van der Waals surface area contributed by atoms with Crippen LogP contribution in [0.1, 0.15) is 19.8 Å². The molecule has 4 heteroatoms. The summed E-state index contributed by atoms with van der Waals surface area (Å²) < 4.78 is 6.25. The van der Waals surface area contributed by atoms with Gasteiger partial charge in [0.05, 0.1) is 17.3 Å². The topological polar surface area (TPSA) is 21.3 Å². The van der Waals surface area contributed by atoms with Gasteiger partial charge >= 0.3 is 0 Å². The Morgan fingerprint density at radius 3 is 2.69 bits per heavy atom. The van der Waals surface area contributed by atoms with Crippen LogP contribution in [0.5, 0.6) is 5.75 Å². The molecule has 1 saturated carbocycles. The highest BCUT2D eigenvalue weighted by atomic mass is 79.9. The van der Waals surface area contributed by atoms with Crippen LogP contribution in [-0.2, 0) is 0 Å². The Kier molecular flexibility index (Phi) is 3.65. The van der Waals surface area contributed by atoms with Crippen molar-refractivity contribution < 1.29 is 4.74 Å². The molecular formula is C12H15BrClNO. The van der Waals surface area contributed by atoms with Crippen molar-refractivity contribution in [3.05, 3.63) is 21.6 Å². The van der Waals surface area contributed by atoms with Crippen LogP contribution in [0.2, 0.25) is 5.02 Å². The Hall–Kier alpha value is -0.410. The monoisotopic (exact) mass is 303 g/mol. The second kappa shape index (κ2) is 4.84. The highest BCUT2D eigenvalue weighted by Gasteiger charge is 2.26. The largest absolute Gasteiger partial charge is 0.493 e. The lowest BCUT2D eigenvalue weighted by molar-refractivity contribution is 0.308. The molecule has 0 aromatic heterocycles. The number of nitrogens with one attached hydrogen (secondary N) is 1. The molecule has 1 N–H and O–H groups in total. The first-order valence-corrected chi connectivity index (χ1v) is 6.57. The summed E-state index contributed by atoms with van der Waals surface area (Å²) in [5, 5.41) is 4.18. The third-order valence-corrected chi connectivity index (χ3v) is 3.75. The zero-order chi connectivity index (χ0) is 11.7. The van der Waals surface area contributed by atoms with Gasteiger partial charge in [0.15, 0.2) is 5.75 Å². The normalized spacial score (nSPS) is 23.8. The van der Waals surface area contributed by atoms with E-state index in [1.54, 1.807) is 7.11 Å². The molecule has 88 valence electrons. The molecule has 0 unspecified atom stereocenters. The van der Waals surface area contributed by atoms with Crippen LogP contribution >= 0.6 is 27.5 Å². The molecule has 1 aromatic carbocycles. The number of anilines is 1. The summed E-state index contributed by atoms with van der Waals surface area (Å²) in [6, 6.07) is 4.30. The summed E-state index contributed by atoms with van der Waals surface area (Å²) in [6.45, 7) is 2.27. The summed E-state index contributed by atoms with van der Waals surface area (Å²) in [5.41, 5.74) is 0.971. The summed E-state index contributed by atoms with van der Waals surface area (Å²) in [4.78, 5) is 0. The molecule has 0 saturated heterocycles. The van der Waals surface area contributed by atoms with Crippen molar-refractivity contribution in [1.29, 1.82) is 0 Å². The molecule has 1 aromatic rings. The number of halogens is 2. The van der Waals surface area contributed by atoms with E-state index in [9.17, 15) is 0 Å². The molecule has 0 aliphatic heterocycles. The quantitative estimate of drug-likeness (QED) is 0.898. The van der Waals surface area contributed by atoms with Gasteiger partial charge in [-0.05, 0) is 46.8 Å². The van der Waals surface area contributed by atoms with Crippen LogP contribution in [0, 0.1) is 5.92 Å². The van der Waals surface area contributed by atoms with Gasteiger partial charge in [-0.15, -0.1) is 0 Å². The summed E-state index contributed by atoms with van der Waals surface area (Å²) in [7, 11) is 1.67. The Morgan fingerprint density at radius 2 is 2.12 bits per heavy atom. The van der Waals surface area contributed by atoms with Crippen molar-refractivity contribution in [2.24, 2.45) is 5.92 Å². The maximum Gasteiger partial charge on any atom is 0.156 e. The molecule has 0 heterocycles. The van der Waals surface area contributed by atoms with E-state index < -0.39 is 0 Å². The predicted molar refractivity (Wildman–Crippen MR) is 71.5 cm³/mol. The van der Waals surface area contributed by atoms with Gasteiger partial charge in [-0.3, -0.25) is 0 Å². The van der Waals surface area contributed by atoms with E-state index in [4.69, 9.17) is 16.3 Å². The second-order valence-corrected chi connectivity index (χ2v) is 5.68. The maximum atomic E-state index is 6.03. The zero-order valence-electron chi connectivity index (χ0n) is 9.39. The lowest BCUT2D eigenvalue weighted by Crippen LogP contribution is -2.33. The number of hydrogen-bond donors (Lipinski definition) is 1. The van der Waals surface area contributed by atoms with Gasteiger partial charge in [0.25, 0.3) is 0 Å². The van der Waals surface area contributed by atoms with Gasteiger partial charge in [0.1, 0.15) is 0 Å². The Bertz CT molecular complexity index is 391. The lowest BCUT2D eigenvalue weighted by Gasteiger charge is -2.34. The average Bonchev–Trinajstić information content (AvgIpc) is 2.14. The van der Waals surface area contributed by atoms with E-state index in [1.165, 1.54) is 12.8 Å². The van der Waals surface area contributed by atoms with Gasteiger partial charge in [-0.1, -0.05) is 18.5 Å². The number of benzene rings is 1. The number of rotatable bonds is 3. The first-order valence-electron chi connectivity index (χ1n) is 5.39. The smallest absolute Gasteiger partial charge is 0.156 e. The summed E-state index contributed by atoms with van der Waals surface area (Å²) in [6.07, 6.45) is 2.43. The van der Waals surface area contributed by atoms with Gasteiger partial charge in [-0.25, -0.2) is 0 Å². The zero-order valence-corrected chi connectivity index (χ0v) is 11.7. The molecule has 2 nitrogen and oxygen atoms in total. The van der Waals surface area contributed by atoms with Crippen molar-refractivity contribution in [2.75, 3.05) is 12.4 Å². The fourth-order valence-corrected chi connectivity index (χ4v) is 3.09. The number of methoxy groups -OCH3 is 1. The minimum atomic E-state index is 0.550. The van der Waals surface area contributed by atoms with Crippen molar-refractivity contribution in [3.8, 4) is 5.75 Å². The van der Waals surface area contributed by atoms with E-state index in [0.717, 1.165) is 21.8 Å². The molecule has 1 fully saturated rings. The van der Waals surface area contributed by atoms with Crippen molar-refractivity contribution in [1.82, 2.24) is 0 Å². The Balaban J connectivity index is 2.18. The van der Waals surface area contributed by atoms with Crippen LogP contribution in [0.4, 0.5) is 5.69 Å². The van der Waals surface area contributed by atoms with Gasteiger partial charge in [0.2, 0.25) is 0 Å².